The molecule has 0 radical (unpaired) electrons. The van der Waals surface area contributed by atoms with Gasteiger partial charge in [-0.1, -0.05) is 0 Å². The first-order chi connectivity index (χ1) is 12.5. The molecule has 1 aromatic heterocycles. The molecule has 2 saturated heterocycles. The van der Waals surface area contributed by atoms with Crippen molar-refractivity contribution in [3.05, 3.63) is 17.0 Å². The van der Waals surface area contributed by atoms with E-state index in [0.717, 1.165) is 69.8 Å². The lowest BCUT2D eigenvalue weighted by Crippen LogP contribution is -2.50. The lowest BCUT2D eigenvalue weighted by molar-refractivity contribution is -0.0158. The van der Waals surface area contributed by atoms with Gasteiger partial charge in [-0.3, -0.25) is 14.8 Å². The first kappa shape index (κ1) is 17.9. The summed E-state index contributed by atoms with van der Waals surface area (Å²) >= 11 is 0. The van der Waals surface area contributed by atoms with Crippen LogP contribution in [0.1, 0.15) is 61.0 Å². The van der Waals surface area contributed by atoms with E-state index < -0.39 is 0 Å². The van der Waals surface area contributed by atoms with Gasteiger partial charge in [0.25, 0.3) is 5.91 Å². The largest absolute Gasteiger partial charge is 0.381 e. The first-order valence-electron chi connectivity index (χ1n) is 9.81. The number of nitrogens with zero attached hydrogens (tertiary/aromatic N) is 3. The fraction of sp³-hybridized carbons (Fsp3) is 0.789. The summed E-state index contributed by atoms with van der Waals surface area (Å²) in [7, 11) is 2.19. The second-order valence-corrected chi connectivity index (χ2v) is 8.06. The molecule has 0 unspecified atom stereocenters. The number of aromatic nitrogens is 2. The molecule has 7 heteroatoms. The van der Waals surface area contributed by atoms with Crippen molar-refractivity contribution in [3.8, 4) is 0 Å². The zero-order chi connectivity index (χ0) is 18.3. The number of carbonyl (C=O) groups is 1. The summed E-state index contributed by atoms with van der Waals surface area (Å²) in [6.07, 6.45) is 3.92. The van der Waals surface area contributed by atoms with Crippen LogP contribution in [0.15, 0.2) is 0 Å². The Kier molecular flexibility index (Phi) is 4.79. The zero-order valence-electron chi connectivity index (χ0n) is 16.1. The Morgan fingerprint density at radius 3 is 2.73 bits per heavy atom. The van der Waals surface area contributed by atoms with Gasteiger partial charge in [-0.2, -0.15) is 5.10 Å². The lowest BCUT2D eigenvalue weighted by atomic mass is 9.85. The molecule has 144 valence electrons. The van der Waals surface area contributed by atoms with Crippen molar-refractivity contribution in [1.29, 1.82) is 0 Å². The van der Waals surface area contributed by atoms with E-state index in [1.54, 1.807) is 0 Å². The summed E-state index contributed by atoms with van der Waals surface area (Å²) in [6, 6.07) is 0. The minimum Gasteiger partial charge on any atom is -0.381 e. The summed E-state index contributed by atoms with van der Waals surface area (Å²) in [5.41, 5.74) is 2.77. The second-order valence-electron chi connectivity index (χ2n) is 8.06. The first-order valence-corrected chi connectivity index (χ1v) is 9.81. The highest BCUT2D eigenvalue weighted by molar-refractivity contribution is 5.94. The monoisotopic (exact) mass is 362 g/mol. The van der Waals surface area contributed by atoms with Crippen LogP contribution in [-0.4, -0.2) is 77.4 Å². The van der Waals surface area contributed by atoms with Gasteiger partial charge >= 0.3 is 0 Å². The van der Waals surface area contributed by atoms with Gasteiger partial charge in [0.15, 0.2) is 5.69 Å². The number of hydrogen-bond donors (Lipinski definition) is 1. The van der Waals surface area contributed by atoms with E-state index in [4.69, 9.17) is 9.47 Å². The van der Waals surface area contributed by atoms with Crippen LogP contribution < -0.4 is 0 Å². The molecule has 3 aliphatic heterocycles. The van der Waals surface area contributed by atoms with Crippen LogP contribution in [0, 0.1) is 0 Å². The molecule has 3 aliphatic rings. The molecule has 26 heavy (non-hydrogen) atoms. The van der Waals surface area contributed by atoms with E-state index in [1.165, 1.54) is 0 Å². The van der Waals surface area contributed by atoms with Crippen molar-refractivity contribution >= 4 is 5.91 Å². The Morgan fingerprint density at radius 2 is 1.96 bits per heavy atom. The molecule has 2 atom stereocenters. The van der Waals surface area contributed by atoms with Gasteiger partial charge in [0, 0.05) is 50.4 Å². The summed E-state index contributed by atoms with van der Waals surface area (Å²) in [6.45, 7) is 8.14. The Bertz CT molecular complexity index is 668. The van der Waals surface area contributed by atoms with Crippen molar-refractivity contribution in [3.63, 3.8) is 0 Å². The summed E-state index contributed by atoms with van der Waals surface area (Å²) in [5, 5.41) is 7.43. The zero-order valence-corrected chi connectivity index (χ0v) is 16.1. The topological polar surface area (TPSA) is 70.7 Å². The van der Waals surface area contributed by atoms with E-state index in [0.29, 0.717) is 5.69 Å². The summed E-state index contributed by atoms with van der Waals surface area (Å²) in [5.74, 6) is 0.0568. The maximum absolute atomic E-state index is 13.2. The smallest absolute Gasteiger partial charge is 0.274 e. The average Bonchev–Trinajstić information content (AvgIpc) is 2.99. The van der Waals surface area contributed by atoms with Crippen LogP contribution >= 0.6 is 0 Å². The average molecular weight is 362 g/mol. The number of hydrogen-bond acceptors (Lipinski definition) is 5. The molecule has 1 aromatic rings. The maximum atomic E-state index is 13.2. The van der Waals surface area contributed by atoms with E-state index in [2.05, 4.69) is 29.1 Å². The minimum atomic E-state index is -0.0384. The maximum Gasteiger partial charge on any atom is 0.274 e. The van der Waals surface area contributed by atoms with Gasteiger partial charge in [-0.05, 0) is 40.2 Å². The van der Waals surface area contributed by atoms with Crippen molar-refractivity contribution in [2.45, 2.75) is 57.3 Å². The molecule has 0 saturated carbocycles. The van der Waals surface area contributed by atoms with E-state index in [9.17, 15) is 4.79 Å². The van der Waals surface area contributed by atoms with Gasteiger partial charge in [0.1, 0.15) is 0 Å². The SMILES string of the molecule is C[C@@H]1Cc2c(C(=O)N3CCN(C)C4(CCOCC4)CC3)n[nH]c2[C@H](C)O1. The van der Waals surface area contributed by atoms with E-state index in [1.807, 2.05) is 11.8 Å². The number of rotatable bonds is 1. The van der Waals surface area contributed by atoms with Crippen molar-refractivity contribution < 1.29 is 14.3 Å². The molecular formula is C19H30N4O3. The number of fused-ring (bicyclic) bond motifs is 1. The van der Waals surface area contributed by atoms with E-state index >= 15 is 0 Å². The van der Waals surface area contributed by atoms with Crippen LogP contribution in [-0.2, 0) is 15.9 Å². The molecule has 1 amide bonds. The van der Waals surface area contributed by atoms with Crippen molar-refractivity contribution in [1.82, 2.24) is 20.0 Å². The highest BCUT2D eigenvalue weighted by atomic mass is 16.5. The molecule has 1 spiro atoms. The molecule has 4 heterocycles. The Balaban J connectivity index is 1.53. The normalized spacial score (nSPS) is 29.4. The third kappa shape index (κ3) is 3.06. The van der Waals surface area contributed by atoms with E-state index in [-0.39, 0.29) is 23.7 Å². The molecular weight excluding hydrogens is 332 g/mol. The highest BCUT2D eigenvalue weighted by Crippen LogP contribution is 2.34. The molecule has 7 nitrogen and oxygen atoms in total. The highest BCUT2D eigenvalue weighted by Gasteiger charge is 2.40. The second kappa shape index (κ2) is 6.94. The van der Waals surface area contributed by atoms with Crippen LogP contribution in [0.2, 0.25) is 0 Å². The number of nitrogens with one attached hydrogen (secondary N) is 1. The fourth-order valence-corrected chi connectivity index (χ4v) is 4.74. The number of carbonyl (C=O) groups excluding carboxylic acids is 1. The lowest BCUT2D eigenvalue weighted by Gasteiger charge is -2.43. The Hall–Kier alpha value is -1.44. The van der Waals surface area contributed by atoms with Gasteiger partial charge in [0.2, 0.25) is 0 Å². The van der Waals surface area contributed by atoms with Crippen molar-refractivity contribution in [2.75, 3.05) is 39.9 Å². The van der Waals surface area contributed by atoms with Gasteiger partial charge in [-0.25, -0.2) is 0 Å². The van der Waals surface area contributed by atoms with Crippen LogP contribution in [0.4, 0.5) is 0 Å². The number of ether oxygens (including phenoxy) is 2. The molecule has 0 bridgehead atoms. The molecule has 0 aromatic carbocycles. The fourth-order valence-electron chi connectivity index (χ4n) is 4.74. The Morgan fingerprint density at radius 1 is 1.19 bits per heavy atom. The Labute approximate surface area is 155 Å². The molecule has 1 N–H and O–H groups in total. The van der Waals surface area contributed by atoms with Crippen molar-refractivity contribution in [2.24, 2.45) is 0 Å². The van der Waals surface area contributed by atoms with Crippen LogP contribution in [0.5, 0.6) is 0 Å². The number of aromatic amines is 1. The summed E-state index contributed by atoms with van der Waals surface area (Å²) < 4.78 is 11.4. The summed E-state index contributed by atoms with van der Waals surface area (Å²) in [4.78, 5) is 17.7. The quantitative estimate of drug-likeness (QED) is 0.824. The standard InChI is InChI=1S/C19H30N4O3/c1-13-12-15-16(14(2)26-13)20-21-17(15)18(24)23-7-4-19(22(3)8-9-23)5-10-25-11-6-19/h13-14H,4-12H2,1-3H3,(H,20,21)/t13-,14+/m1/s1. The van der Waals surface area contributed by atoms with Gasteiger partial charge < -0.3 is 14.4 Å². The number of H-pyrrole nitrogens is 1. The molecule has 0 aliphatic carbocycles. The number of likely N-dealkylation sites (N-methyl/N-ethyl adjacent to an activating group) is 1. The van der Waals surface area contributed by atoms with Crippen LogP contribution in [0.25, 0.3) is 0 Å². The van der Waals surface area contributed by atoms with Gasteiger partial charge in [0.05, 0.1) is 17.9 Å². The molecule has 4 rings (SSSR count). The predicted octanol–water partition coefficient (Wildman–Crippen LogP) is 1.76. The number of amides is 1. The third-order valence-corrected chi connectivity index (χ3v) is 6.51. The molecule has 2 fully saturated rings. The predicted molar refractivity (Wildman–Crippen MR) is 97.2 cm³/mol. The third-order valence-electron chi connectivity index (χ3n) is 6.51. The minimum absolute atomic E-state index is 0.0384. The van der Waals surface area contributed by atoms with Gasteiger partial charge in [-0.15, -0.1) is 0 Å². The van der Waals surface area contributed by atoms with Crippen LogP contribution in [0.3, 0.4) is 0 Å².